The molecule has 0 aliphatic heterocycles. The zero-order valence-corrected chi connectivity index (χ0v) is 7.61. The average molecular weight is 154 g/mol. The van der Waals surface area contributed by atoms with Crippen molar-refractivity contribution in [1.82, 2.24) is 0 Å². The van der Waals surface area contributed by atoms with E-state index in [1.54, 1.807) is 0 Å². The second-order valence-corrected chi connectivity index (χ2v) is 1.61. The molecule has 0 rings (SSSR count). The molecule has 0 spiro atoms. The second-order valence-electron chi connectivity index (χ2n) is 1.61. The van der Waals surface area contributed by atoms with Gasteiger partial charge in [-0.15, -0.1) is 6.42 Å². The van der Waals surface area contributed by atoms with E-state index < -0.39 is 5.72 Å². The van der Waals surface area contributed by atoms with Crippen LogP contribution in [0.4, 0.5) is 0 Å². The molecule has 3 N–H and O–H groups in total. The number of nitrogens with two attached hydrogens (primary N) is 1. The minimum absolute atomic E-state index is 0. The van der Waals surface area contributed by atoms with Crippen molar-refractivity contribution in [1.29, 1.82) is 0 Å². The van der Waals surface area contributed by atoms with Gasteiger partial charge in [-0.2, -0.15) is 0 Å². The van der Waals surface area contributed by atoms with Gasteiger partial charge < -0.3 is 17.8 Å². The summed E-state index contributed by atoms with van der Waals surface area (Å²) in [7, 11) is 0. The molecule has 7 heavy (non-hydrogen) atoms. The van der Waals surface area contributed by atoms with Gasteiger partial charge in [0.25, 0.3) is 0 Å². The Hall–Kier alpha value is 0.543. The molecule has 0 saturated carbocycles. The standard InChI is InChI=1S/C4H10NO.Zn/c1-3-4(2,5)6;/h6H,1,3,5H2,2H3;/q-1;. The number of rotatable bonds is 1. The van der Waals surface area contributed by atoms with Gasteiger partial charge in [0.1, 0.15) is 0 Å². The van der Waals surface area contributed by atoms with Gasteiger partial charge >= 0.3 is 0 Å². The zero-order chi connectivity index (χ0) is 5.21. The Bertz CT molecular complexity index is 41.4. The molecule has 1 unspecified atom stereocenters. The van der Waals surface area contributed by atoms with Crippen LogP contribution in [0.15, 0.2) is 0 Å². The molecule has 0 aliphatic rings. The molecule has 0 saturated heterocycles. The fourth-order valence-corrected chi connectivity index (χ4v) is 0. The Morgan fingerprint density at radius 3 is 2.00 bits per heavy atom. The van der Waals surface area contributed by atoms with Crippen molar-refractivity contribution in [3.63, 3.8) is 0 Å². The molecule has 0 aromatic carbocycles. The van der Waals surface area contributed by atoms with Crippen LogP contribution in [0.3, 0.4) is 0 Å². The molecule has 0 aromatic heterocycles. The topological polar surface area (TPSA) is 46.2 Å². The monoisotopic (exact) mass is 152 g/mol. The van der Waals surface area contributed by atoms with Gasteiger partial charge in [0, 0.05) is 19.5 Å². The molecule has 2 nitrogen and oxygen atoms in total. The Balaban J connectivity index is 0. The van der Waals surface area contributed by atoms with Gasteiger partial charge in [0.05, 0.1) is 5.72 Å². The molecular weight excluding hydrogens is 143 g/mol. The molecule has 3 heteroatoms. The predicted molar refractivity (Wildman–Crippen MR) is 24.8 cm³/mol. The third kappa shape index (κ3) is 10.8. The fourth-order valence-electron chi connectivity index (χ4n) is 0. The largest absolute Gasteiger partial charge is 0.379 e. The molecule has 0 fully saturated rings. The van der Waals surface area contributed by atoms with Crippen LogP contribution in [0.2, 0.25) is 0 Å². The summed E-state index contributed by atoms with van der Waals surface area (Å²) in [5, 5.41) is 8.54. The van der Waals surface area contributed by atoms with Crippen molar-refractivity contribution >= 4 is 0 Å². The van der Waals surface area contributed by atoms with Crippen molar-refractivity contribution in [3.8, 4) is 0 Å². The van der Waals surface area contributed by atoms with Crippen LogP contribution in [0, 0.1) is 6.92 Å². The van der Waals surface area contributed by atoms with E-state index in [-0.39, 0.29) is 19.5 Å². The molecular formula is C4H10NOZn-. The first-order valence-electron chi connectivity index (χ1n) is 1.87. The second kappa shape index (κ2) is 3.53. The maximum Gasteiger partial charge on any atom is 0.0830 e. The van der Waals surface area contributed by atoms with Crippen molar-refractivity contribution in [2.45, 2.75) is 19.1 Å². The molecule has 1 atom stereocenters. The summed E-state index contributed by atoms with van der Waals surface area (Å²) in [6.45, 7) is 4.90. The Morgan fingerprint density at radius 2 is 2.00 bits per heavy atom. The molecule has 0 amide bonds. The van der Waals surface area contributed by atoms with Gasteiger partial charge in [-0.1, -0.05) is 0 Å². The Kier molecular flexibility index (Phi) is 5.31. The Labute approximate surface area is 56.9 Å². The van der Waals surface area contributed by atoms with Crippen molar-refractivity contribution in [3.05, 3.63) is 6.92 Å². The van der Waals surface area contributed by atoms with E-state index in [1.165, 1.54) is 6.92 Å². The third-order valence-corrected chi connectivity index (χ3v) is 0.506. The number of hydrogen-bond acceptors (Lipinski definition) is 2. The van der Waals surface area contributed by atoms with Crippen LogP contribution >= 0.6 is 0 Å². The van der Waals surface area contributed by atoms with E-state index in [9.17, 15) is 0 Å². The van der Waals surface area contributed by atoms with Crippen LogP contribution in [0.25, 0.3) is 0 Å². The summed E-state index contributed by atoms with van der Waals surface area (Å²) >= 11 is 0. The van der Waals surface area contributed by atoms with Gasteiger partial charge in [0.2, 0.25) is 0 Å². The van der Waals surface area contributed by atoms with E-state index in [4.69, 9.17) is 10.8 Å². The van der Waals surface area contributed by atoms with Gasteiger partial charge in [-0.25, -0.2) is 0 Å². The van der Waals surface area contributed by atoms with Gasteiger partial charge in [-0.05, 0) is 6.92 Å². The van der Waals surface area contributed by atoms with Crippen molar-refractivity contribution in [2.75, 3.05) is 0 Å². The van der Waals surface area contributed by atoms with Crippen LogP contribution < -0.4 is 5.73 Å². The maximum atomic E-state index is 8.54. The minimum atomic E-state index is -1.07. The smallest absolute Gasteiger partial charge is 0.0830 e. The quantitative estimate of drug-likeness (QED) is 0.313. The normalized spacial score (nSPS) is 17.1. The number of hydrogen-bond donors (Lipinski definition) is 2. The van der Waals surface area contributed by atoms with E-state index in [0.29, 0.717) is 6.42 Å². The first-order valence-corrected chi connectivity index (χ1v) is 1.87. The van der Waals surface area contributed by atoms with Crippen LogP contribution in [0.5, 0.6) is 0 Å². The summed E-state index contributed by atoms with van der Waals surface area (Å²) in [5.41, 5.74) is 3.96. The third-order valence-electron chi connectivity index (χ3n) is 0.506. The van der Waals surface area contributed by atoms with Crippen LogP contribution in [0.1, 0.15) is 13.3 Å². The van der Waals surface area contributed by atoms with Crippen molar-refractivity contribution < 1.29 is 24.6 Å². The SMILES string of the molecule is [CH2-]CC(C)(N)O.[Zn]. The maximum absolute atomic E-state index is 8.54. The first kappa shape index (κ1) is 10.5. The number of aliphatic hydroxyl groups is 1. The van der Waals surface area contributed by atoms with Crippen LogP contribution in [-0.2, 0) is 19.5 Å². The summed E-state index contributed by atoms with van der Waals surface area (Å²) < 4.78 is 0. The molecule has 0 heterocycles. The summed E-state index contributed by atoms with van der Waals surface area (Å²) in [4.78, 5) is 0. The van der Waals surface area contributed by atoms with Crippen LogP contribution in [-0.4, -0.2) is 10.8 Å². The van der Waals surface area contributed by atoms with E-state index >= 15 is 0 Å². The summed E-state index contributed by atoms with van der Waals surface area (Å²) in [6.07, 6.45) is 0.354. The summed E-state index contributed by atoms with van der Waals surface area (Å²) in [6, 6.07) is 0. The molecule has 40 valence electrons. The first-order chi connectivity index (χ1) is 2.56. The van der Waals surface area contributed by atoms with Gasteiger partial charge in [0.15, 0.2) is 0 Å². The molecule has 0 radical (unpaired) electrons. The predicted octanol–water partition coefficient (Wildman–Crippen LogP) is -0.125. The van der Waals surface area contributed by atoms with E-state index in [0.717, 1.165) is 0 Å². The molecule has 0 aliphatic carbocycles. The Morgan fingerprint density at radius 1 is 1.86 bits per heavy atom. The fraction of sp³-hybridized carbons (Fsp3) is 0.750. The van der Waals surface area contributed by atoms with Crippen molar-refractivity contribution in [2.24, 2.45) is 5.73 Å². The van der Waals surface area contributed by atoms with Gasteiger partial charge in [-0.3, -0.25) is 0 Å². The van der Waals surface area contributed by atoms with E-state index in [1.807, 2.05) is 0 Å². The average Bonchev–Trinajstić information content (AvgIpc) is 1.35. The summed E-state index contributed by atoms with van der Waals surface area (Å²) in [5.74, 6) is 0. The molecule has 0 aromatic rings. The zero-order valence-electron chi connectivity index (χ0n) is 4.65. The van der Waals surface area contributed by atoms with E-state index in [2.05, 4.69) is 6.92 Å². The molecule has 0 bridgehead atoms. The minimum Gasteiger partial charge on any atom is -0.379 e.